The predicted octanol–water partition coefficient (Wildman–Crippen LogP) is 2.62. The SMILES string of the molecule is O=C1CCCc2c(F)c(F)cc(F)c21. The standard InChI is InChI=1S/C10H7F3O/c11-6-4-7(12)10(13)5-2-1-3-8(14)9(5)6/h4H,1-3H2. The lowest BCUT2D eigenvalue weighted by Gasteiger charge is -2.15. The highest BCUT2D eigenvalue weighted by Crippen LogP contribution is 2.27. The van der Waals surface area contributed by atoms with E-state index in [4.69, 9.17) is 0 Å². The van der Waals surface area contributed by atoms with E-state index in [-0.39, 0.29) is 24.0 Å². The Balaban J connectivity index is 2.72. The Morgan fingerprint density at radius 2 is 1.79 bits per heavy atom. The van der Waals surface area contributed by atoms with Gasteiger partial charge in [-0.2, -0.15) is 0 Å². The molecule has 4 heteroatoms. The van der Waals surface area contributed by atoms with Gasteiger partial charge in [0.2, 0.25) is 0 Å². The third kappa shape index (κ3) is 1.22. The van der Waals surface area contributed by atoms with Crippen LogP contribution < -0.4 is 0 Å². The number of carbonyl (C=O) groups is 1. The number of Topliss-reactive ketones (excluding diaryl/α,β-unsaturated/α-hetero) is 1. The van der Waals surface area contributed by atoms with Crippen LogP contribution in [0.15, 0.2) is 6.07 Å². The van der Waals surface area contributed by atoms with Gasteiger partial charge in [-0.05, 0) is 12.8 Å². The molecule has 1 nitrogen and oxygen atoms in total. The Morgan fingerprint density at radius 1 is 1.07 bits per heavy atom. The molecule has 0 fully saturated rings. The van der Waals surface area contributed by atoms with Crippen molar-refractivity contribution in [1.82, 2.24) is 0 Å². The van der Waals surface area contributed by atoms with Crippen LogP contribution in [-0.4, -0.2) is 5.78 Å². The van der Waals surface area contributed by atoms with Gasteiger partial charge in [0.05, 0.1) is 5.56 Å². The van der Waals surface area contributed by atoms with Crippen LogP contribution in [0.2, 0.25) is 0 Å². The Labute approximate surface area is 78.5 Å². The van der Waals surface area contributed by atoms with Crippen LogP contribution in [0.4, 0.5) is 13.2 Å². The normalized spacial score (nSPS) is 15.5. The maximum atomic E-state index is 13.1. The van der Waals surface area contributed by atoms with Crippen LogP contribution in [0, 0.1) is 17.5 Å². The smallest absolute Gasteiger partial charge is 0.166 e. The predicted molar refractivity (Wildman–Crippen MR) is 43.6 cm³/mol. The van der Waals surface area contributed by atoms with E-state index in [0.717, 1.165) is 0 Å². The van der Waals surface area contributed by atoms with Gasteiger partial charge in [0.25, 0.3) is 0 Å². The lowest BCUT2D eigenvalue weighted by Crippen LogP contribution is -2.16. The van der Waals surface area contributed by atoms with Gasteiger partial charge in [0, 0.05) is 18.1 Å². The van der Waals surface area contributed by atoms with Crippen molar-refractivity contribution in [3.63, 3.8) is 0 Å². The summed E-state index contributed by atoms with van der Waals surface area (Å²) in [6.45, 7) is 0. The van der Waals surface area contributed by atoms with Gasteiger partial charge in [-0.1, -0.05) is 0 Å². The molecular formula is C10H7F3O. The highest BCUT2D eigenvalue weighted by atomic mass is 19.2. The molecule has 74 valence electrons. The van der Waals surface area contributed by atoms with Crippen LogP contribution in [0.1, 0.15) is 28.8 Å². The molecule has 1 aliphatic rings. The molecule has 0 saturated carbocycles. The number of benzene rings is 1. The van der Waals surface area contributed by atoms with E-state index in [0.29, 0.717) is 12.5 Å². The average Bonchev–Trinajstić information content (AvgIpc) is 2.14. The van der Waals surface area contributed by atoms with Crippen LogP contribution in [-0.2, 0) is 6.42 Å². The molecule has 0 saturated heterocycles. The molecule has 0 radical (unpaired) electrons. The number of rotatable bonds is 0. The minimum Gasteiger partial charge on any atom is -0.294 e. The molecule has 14 heavy (non-hydrogen) atoms. The topological polar surface area (TPSA) is 17.1 Å². The fraction of sp³-hybridized carbons (Fsp3) is 0.300. The molecular weight excluding hydrogens is 193 g/mol. The van der Waals surface area contributed by atoms with Gasteiger partial charge in [0.15, 0.2) is 17.4 Å². The van der Waals surface area contributed by atoms with Gasteiger partial charge in [-0.15, -0.1) is 0 Å². The zero-order valence-electron chi connectivity index (χ0n) is 7.24. The zero-order chi connectivity index (χ0) is 10.3. The van der Waals surface area contributed by atoms with Gasteiger partial charge < -0.3 is 0 Å². The van der Waals surface area contributed by atoms with E-state index in [1.807, 2.05) is 0 Å². The first-order valence-electron chi connectivity index (χ1n) is 4.31. The maximum Gasteiger partial charge on any atom is 0.166 e. The van der Waals surface area contributed by atoms with Crippen LogP contribution in [0.3, 0.4) is 0 Å². The highest BCUT2D eigenvalue weighted by Gasteiger charge is 2.26. The van der Waals surface area contributed by atoms with Crippen molar-refractivity contribution in [3.8, 4) is 0 Å². The highest BCUT2D eigenvalue weighted by molar-refractivity contribution is 5.98. The molecule has 1 aliphatic carbocycles. The summed E-state index contributed by atoms with van der Waals surface area (Å²) in [6, 6.07) is 0.428. The minimum absolute atomic E-state index is 0.112. The second kappa shape index (κ2) is 3.12. The van der Waals surface area contributed by atoms with Crippen molar-refractivity contribution >= 4 is 5.78 Å². The molecule has 1 aromatic carbocycles. The van der Waals surface area contributed by atoms with Crippen LogP contribution >= 0.6 is 0 Å². The summed E-state index contributed by atoms with van der Waals surface area (Å²) < 4.78 is 39.0. The first kappa shape index (κ1) is 9.24. The molecule has 0 heterocycles. The molecule has 0 bridgehead atoms. The summed E-state index contributed by atoms with van der Waals surface area (Å²) in [5.74, 6) is -3.71. The molecule has 1 aromatic rings. The van der Waals surface area contributed by atoms with Crippen LogP contribution in [0.5, 0.6) is 0 Å². The van der Waals surface area contributed by atoms with Gasteiger partial charge in [-0.25, -0.2) is 13.2 Å². The number of carbonyl (C=O) groups excluding carboxylic acids is 1. The second-order valence-corrected chi connectivity index (χ2v) is 3.28. The van der Waals surface area contributed by atoms with Crippen molar-refractivity contribution in [3.05, 3.63) is 34.6 Å². The minimum atomic E-state index is -1.23. The number of fused-ring (bicyclic) bond motifs is 1. The summed E-state index contributed by atoms with van der Waals surface area (Å²) in [6.07, 6.45) is 0.877. The summed E-state index contributed by atoms with van der Waals surface area (Å²) in [7, 11) is 0. The van der Waals surface area contributed by atoms with Crippen LogP contribution in [0.25, 0.3) is 0 Å². The van der Waals surface area contributed by atoms with E-state index in [2.05, 4.69) is 0 Å². The maximum absolute atomic E-state index is 13.1. The molecule has 0 unspecified atom stereocenters. The molecule has 0 spiro atoms. The monoisotopic (exact) mass is 200 g/mol. The largest absolute Gasteiger partial charge is 0.294 e. The van der Waals surface area contributed by atoms with Gasteiger partial charge in [-0.3, -0.25) is 4.79 Å². The average molecular weight is 200 g/mol. The van der Waals surface area contributed by atoms with Crippen molar-refractivity contribution < 1.29 is 18.0 Å². The number of halogens is 3. The summed E-state index contributed by atoms with van der Waals surface area (Å²) >= 11 is 0. The Kier molecular flexibility index (Phi) is 2.06. The Hall–Kier alpha value is -1.32. The Morgan fingerprint density at radius 3 is 2.50 bits per heavy atom. The number of hydrogen-bond acceptors (Lipinski definition) is 1. The Bertz CT molecular complexity index is 412. The molecule has 0 aliphatic heterocycles. The third-order valence-corrected chi connectivity index (χ3v) is 2.38. The molecule has 0 amide bonds. The van der Waals surface area contributed by atoms with E-state index in [1.165, 1.54) is 0 Å². The quantitative estimate of drug-likeness (QED) is 0.588. The molecule has 0 atom stereocenters. The number of hydrogen-bond donors (Lipinski definition) is 0. The first-order valence-corrected chi connectivity index (χ1v) is 4.31. The van der Waals surface area contributed by atoms with Crippen molar-refractivity contribution in [1.29, 1.82) is 0 Å². The van der Waals surface area contributed by atoms with Crippen molar-refractivity contribution in [2.45, 2.75) is 19.3 Å². The third-order valence-electron chi connectivity index (χ3n) is 2.38. The van der Waals surface area contributed by atoms with Gasteiger partial charge >= 0.3 is 0 Å². The lowest BCUT2D eigenvalue weighted by atomic mass is 9.90. The van der Waals surface area contributed by atoms with E-state index < -0.39 is 23.2 Å². The fourth-order valence-corrected chi connectivity index (χ4v) is 1.73. The molecule has 0 N–H and O–H groups in total. The number of ketones is 1. The summed E-state index contributed by atoms with van der Waals surface area (Å²) in [5, 5.41) is 0. The van der Waals surface area contributed by atoms with E-state index in [1.54, 1.807) is 0 Å². The van der Waals surface area contributed by atoms with Crippen molar-refractivity contribution in [2.75, 3.05) is 0 Å². The summed E-state index contributed by atoms with van der Waals surface area (Å²) in [4.78, 5) is 11.2. The van der Waals surface area contributed by atoms with E-state index in [9.17, 15) is 18.0 Å². The second-order valence-electron chi connectivity index (χ2n) is 3.28. The summed E-state index contributed by atoms with van der Waals surface area (Å²) in [5.41, 5.74) is -0.381. The fourth-order valence-electron chi connectivity index (χ4n) is 1.73. The molecule has 2 rings (SSSR count). The lowest BCUT2D eigenvalue weighted by molar-refractivity contribution is 0.0966. The first-order chi connectivity index (χ1) is 6.61. The zero-order valence-corrected chi connectivity index (χ0v) is 7.24. The molecule has 0 aromatic heterocycles. The van der Waals surface area contributed by atoms with E-state index >= 15 is 0 Å². The van der Waals surface area contributed by atoms with Crippen molar-refractivity contribution in [2.24, 2.45) is 0 Å². The van der Waals surface area contributed by atoms with Gasteiger partial charge in [0.1, 0.15) is 5.82 Å².